The van der Waals surface area contributed by atoms with Gasteiger partial charge in [0, 0.05) is 18.5 Å². The third kappa shape index (κ3) is 2.31. The maximum Gasteiger partial charge on any atom is 0.264 e. The van der Waals surface area contributed by atoms with Crippen LogP contribution < -0.4 is 5.56 Å². The number of aryl methyl sites for hydroxylation is 2. The molecule has 0 aromatic carbocycles. The van der Waals surface area contributed by atoms with Gasteiger partial charge in [0.15, 0.2) is 0 Å². The summed E-state index contributed by atoms with van der Waals surface area (Å²) >= 11 is 3.02. The molecule has 3 aromatic rings. The van der Waals surface area contributed by atoms with E-state index in [0.717, 1.165) is 24.9 Å². The SMILES string of the molecule is Cc1c(C(=O)N2CCCC2c2cccs2)sc2ncn(C)c(=O)c12. The fraction of sp³-hybridized carbons (Fsp3) is 0.353. The molecule has 1 fully saturated rings. The van der Waals surface area contributed by atoms with Gasteiger partial charge in [-0.25, -0.2) is 4.98 Å². The summed E-state index contributed by atoms with van der Waals surface area (Å²) in [6, 6.07) is 4.27. The fourth-order valence-electron chi connectivity index (χ4n) is 3.33. The lowest BCUT2D eigenvalue weighted by Gasteiger charge is -2.23. The van der Waals surface area contributed by atoms with Crippen molar-refractivity contribution in [3.8, 4) is 0 Å². The predicted molar refractivity (Wildman–Crippen MR) is 96.9 cm³/mol. The molecule has 0 spiro atoms. The number of fused-ring (bicyclic) bond motifs is 1. The summed E-state index contributed by atoms with van der Waals surface area (Å²) < 4.78 is 1.46. The van der Waals surface area contributed by atoms with Gasteiger partial charge in [-0.05, 0) is 36.8 Å². The van der Waals surface area contributed by atoms with Gasteiger partial charge in [-0.3, -0.25) is 9.59 Å². The van der Waals surface area contributed by atoms with E-state index in [4.69, 9.17) is 0 Å². The highest BCUT2D eigenvalue weighted by atomic mass is 32.1. The minimum atomic E-state index is -0.0935. The summed E-state index contributed by atoms with van der Waals surface area (Å²) in [7, 11) is 1.68. The topological polar surface area (TPSA) is 55.2 Å². The molecular formula is C17H17N3O2S2. The minimum absolute atomic E-state index is 0.0217. The summed E-state index contributed by atoms with van der Waals surface area (Å²) in [5.74, 6) is 0.0217. The highest BCUT2D eigenvalue weighted by Crippen LogP contribution is 2.37. The molecule has 3 aromatic heterocycles. The zero-order valence-electron chi connectivity index (χ0n) is 13.5. The highest BCUT2D eigenvalue weighted by molar-refractivity contribution is 7.20. The lowest BCUT2D eigenvalue weighted by molar-refractivity contribution is 0.0742. The zero-order valence-corrected chi connectivity index (χ0v) is 15.1. The standard InChI is InChI=1S/C17H17N3O2S2/c1-10-13-15(18-9-19(2)16(13)21)24-14(10)17(22)20-7-3-5-11(20)12-6-4-8-23-12/h4,6,8-9,11H,3,5,7H2,1-2H3. The van der Waals surface area contributed by atoms with Crippen molar-refractivity contribution in [3.63, 3.8) is 0 Å². The molecule has 7 heteroatoms. The lowest BCUT2D eigenvalue weighted by Crippen LogP contribution is -2.30. The van der Waals surface area contributed by atoms with Crippen molar-refractivity contribution in [2.24, 2.45) is 7.05 Å². The average Bonchev–Trinajstić information content (AvgIpc) is 3.29. The van der Waals surface area contributed by atoms with Crippen LogP contribution in [0, 0.1) is 6.92 Å². The lowest BCUT2D eigenvalue weighted by atomic mass is 10.1. The van der Waals surface area contributed by atoms with E-state index in [0.29, 0.717) is 15.1 Å². The molecule has 1 saturated heterocycles. The monoisotopic (exact) mass is 359 g/mol. The Morgan fingerprint density at radius 1 is 1.42 bits per heavy atom. The number of nitrogens with zero attached hydrogens (tertiary/aromatic N) is 3. The Hall–Kier alpha value is -1.99. The third-order valence-corrected chi connectivity index (χ3v) is 6.75. The van der Waals surface area contributed by atoms with Crippen LogP contribution >= 0.6 is 22.7 Å². The number of rotatable bonds is 2. The number of hydrogen-bond acceptors (Lipinski definition) is 5. The molecule has 1 amide bonds. The van der Waals surface area contributed by atoms with Crippen LogP contribution in [0.5, 0.6) is 0 Å². The molecule has 4 rings (SSSR count). The molecule has 1 aliphatic heterocycles. The van der Waals surface area contributed by atoms with E-state index in [2.05, 4.69) is 16.4 Å². The molecular weight excluding hydrogens is 342 g/mol. The van der Waals surface area contributed by atoms with Gasteiger partial charge < -0.3 is 9.47 Å². The first-order valence-corrected chi connectivity index (χ1v) is 9.56. The smallest absolute Gasteiger partial charge is 0.264 e. The van der Waals surface area contributed by atoms with Crippen LogP contribution in [0.15, 0.2) is 28.6 Å². The Bertz CT molecular complexity index is 972. The zero-order chi connectivity index (χ0) is 16.8. The molecule has 0 bridgehead atoms. The normalized spacial score (nSPS) is 17.8. The second-order valence-corrected chi connectivity index (χ2v) is 8.05. The summed E-state index contributed by atoms with van der Waals surface area (Å²) in [6.45, 7) is 2.62. The van der Waals surface area contributed by atoms with Crippen molar-refractivity contribution >= 4 is 38.8 Å². The largest absolute Gasteiger partial charge is 0.330 e. The number of carbonyl (C=O) groups is 1. The molecule has 0 N–H and O–H groups in total. The third-order valence-electron chi connectivity index (χ3n) is 4.59. The van der Waals surface area contributed by atoms with Crippen LogP contribution in [0.1, 0.15) is 39.0 Å². The maximum atomic E-state index is 13.1. The molecule has 0 radical (unpaired) electrons. The van der Waals surface area contributed by atoms with Crippen molar-refractivity contribution in [2.75, 3.05) is 6.54 Å². The Morgan fingerprint density at radius 3 is 3.00 bits per heavy atom. The van der Waals surface area contributed by atoms with Crippen LogP contribution in [0.3, 0.4) is 0 Å². The van der Waals surface area contributed by atoms with Gasteiger partial charge >= 0.3 is 0 Å². The fourth-order valence-corrected chi connectivity index (χ4v) is 5.30. The molecule has 5 nitrogen and oxygen atoms in total. The molecule has 1 atom stereocenters. The molecule has 4 heterocycles. The van der Waals surface area contributed by atoms with Gasteiger partial charge in [-0.2, -0.15) is 0 Å². The summed E-state index contributed by atoms with van der Waals surface area (Å²) in [5, 5.41) is 2.62. The summed E-state index contributed by atoms with van der Waals surface area (Å²) in [4.78, 5) is 34.3. The Kier molecular flexibility index (Phi) is 3.77. The summed E-state index contributed by atoms with van der Waals surface area (Å²) in [6.07, 6.45) is 3.52. The minimum Gasteiger partial charge on any atom is -0.330 e. The van der Waals surface area contributed by atoms with Gasteiger partial charge in [0.2, 0.25) is 0 Å². The molecule has 0 aliphatic carbocycles. The van der Waals surface area contributed by atoms with Crippen LogP contribution in [0.2, 0.25) is 0 Å². The molecule has 1 unspecified atom stereocenters. The number of aromatic nitrogens is 2. The van der Waals surface area contributed by atoms with Gasteiger partial charge in [0.25, 0.3) is 11.5 Å². The van der Waals surface area contributed by atoms with Crippen molar-refractivity contribution in [3.05, 3.63) is 49.5 Å². The second kappa shape index (κ2) is 5.82. The number of hydrogen-bond donors (Lipinski definition) is 0. The van der Waals surface area contributed by atoms with Gasteiger partial charge in [0.1, 0.15) is 4.83 Å². The van der Waals surface area contributed by atoms with Crippen molar-refractivity contribution in [1.82, 2.24) is 14.5 Å². The van der Waals surface area contributed by atoms with E-state index in [9.17, 15) is 9.59 Å². The van der Waals surface area contributed by atoms with E-state index in [1.807, 2.05) is 17.9 Å². The first kappa shape index (κ1) is 15.5. The van der Waals surface area contributed by atoms with Crippen LogP contribution in [0.25, 0.3) is 10.2 Å². The number of amides is 1. The Labute approximate surface area is 147 Å². The van der Waals surface area contributed by atoms with Crippen LogP contribution in [0.4, 0.5) is 0 Å². The number of likely N-dealkylation sites (tertiary alicyclic amines) is 1. The number of thiophene rings is 2. The second-order valence-electron chi connectivity index (χ2n) is 6.07. The maximum absolute atomic E-state index is 13.1. The quantitative estimate of drug-likeness (QED) is 0.705. The van der Waals surface area contributed by atoms with E-state index < -0.39 is 0 Å². The molecule has 24 heavy (non-hydrogen) atoms. The first-order valence-electron chi connectivity index (χ1n) is 7.87. The van der Waals surface area contributed by atoms with Gasteiger partial charge in [-0.15, -0.1) is 22.7 Å². The van der Waals surface area contributed by atoms with E-state index in [-0.39, 0.29) is 17.5 Å². The van der Waals surface area contributed by atoms with Crippen molar-refractivity contribution in [2.45, 2.75) is 25.8 Å². The predicted octanol–water partition coefficient (Wildman–Crippen LogP) is 3.34. The average molecular weight is 359 g/mol. The molecule has 124 valence electrons. The van der Waals surface area contributed by atoms with E-state index >= 15 is 0 Å². The van der Waals surface area contributed by atoms with Crippen molar-refractivity contribution in [1.29, 1.82) is 0 Å². The van der Waals surface area contributed by atoms with Crippen molar-refractivity contribution < 1.29 is 4.79 Å². The van der Waals surface area contributed by atoms with Crippen LogP contribution in [-0.2, 0) is 7.05 Å². The van der Waals surface area contributed by atoms with Gasteiger partial charge in [0.05, 0.1) is 22.6 Å². The highest BCUT2D eigenvalue weighted by Gasteiger charge is 2.33. The number of carbonyl (C=O) groups excluding carboxylic acids is 1. The van der Waals surface area contributed by atoms with Crippen LogP contribution in [-0.4, -0.2) is 26.9 Å². The van der Waals surface area contributed by atoms with E-state index in [1.54, 1.807) is 18.4 Å². The van der Waals surface area contributed by atoms with E-state index in [1.165, 1.54) is 27.1 Å². The Morgan fingerprint density at radius 2 is 2.25 bits per heavy atom. The molecule has 1 aliphatic rings. The summed E-state index contributed by atoms with van der Waals surface area (Å²) in [5.41, 5.74) is 0.662. The van der Waals surface area contributed by atoms with Gasteiger partial charge in [-0.1, -0.05) is 6.07 Å². The Balaban J connectivity index is 1.77. The molecule has 0 saturated carbocycles. The first-order chi connectivity index (χ1) is 11.6.